The normalized spacial score (nSPS) is 22.0. The highest BCUT2D eigenvalue weighted by molar-refractivity contribution is 5.59. The van der Waals surface area contributed by atoms with Crippen LogP contribution in [0.15, 0.2) is 18.2 Å². The van der Waals surface area contributed by atoms with Crippen molar-refractivity contribution in [1.82, 2.24) is 0 Å². The van der Waals surface area contributed by atoms with Crippen molar-refractivity contribution in [3.8, 4) is 6.07 Å². The number of nitrogens with two attached hydrogens (primary N) is 1. The third-order valence-corrected chi connectivity index (χ3v) is 3.88. The van der Waals surface area contributed by atoms with Gasteiger partial charge in [-0.25, -0.2) is 0 Å². The van der Waals surface area contributed by atoms with Gasteiger partial charge >= 0.3 is 0 Å². The molecular weight excluding hydrogens is 256 g/mol. The van der Waals surface area contributed by atoms with E-state index in [9.17, 15) is 10.1 Å². The average molecular weight is 274 g/mol. The third-order valence-electron chi connectivity index (χ3n) is 3.88. The lowest BCUT2D eigenvalue weighted by atomic mass is 9.84. The van der Waals surface area contributed by atoms with E-state index in [0.29, 0.717) is 12.5 Å². The molecule has 6 heteroatoms. The lowest BCUT2D eigenvalue weighted by Crippen LogP contribution is -2.36. The molecule has 0 radical (unpaired) electrons. The fraction of sp³-hybridized carbons (Fsp3) is 0.500. The maximum absolute atomic E-state index is 10.8. The van der Waals surface area contributed by atoms with Gasteiger partial charge in [-0.15, -0.1) is 0 Å². The van der Waals surface area contributed by atoms with E-state index < -0.39 is 4.92 Å². The number of nitro benzene ring substituents is 1. The number of nitriles is 1. The smallest absolute Gasteiger partial charge is 0.287 e. The summed E-state index contributed by atoms with van der Waals surface area (Å²) in [5.74, 6) is 0.421. The first kappa shape index (κ1) is 14.3. The van der Waals surface area contributed by atoms with Gasteiger partial charge in [-0.1, -0.05) is 12.8 Å². The fourth-order valence-corrected chi connectivity index (χ4v) is 2.77. The predicted octanol–water partition coefficient (Wildman–Crippen LogP) is 2.40. The van der Waals surface area contributed by atoms with Crippen molar-refractivity contribution in [3.63, 3.8) is 0 Å². The molecule has 0 amide bonds. The molecule has 20 heavy (non-hydrogen) atoms. The molecule has 6 nitrogen and oxygen atoms in total. The van der Waals surface area contributed by atoms with E-state index in [1.165, 1.54) is 12.5 Å². The molecule has 1 aliphatic rings. The van der Waals surface area contributed by atoms with Gasteiger partial charge in [0.1, 0.15) is 11.6 Å². The molecule has 0 saturated heterocycles. The van der Waals surface area contributed by atoms with Crippen molar-refractivity contribution in [3.05, 3.63) is 33.9 Å². The van der Waals surface area contributed by atoms with Gasteiger partial charge in [0.25, 0.3) is 5.69 Å². The van der Waals surface area contributed by atoms with Crippen LogP contribution in [0.1, 0.15) is 31.2 Å². The summed E-state index contributed by atoms with van der Waals surface area (Å²) in [6.07, 6.45) is 4.50. The first-order chi connectivity index (χ1) is 9.65. The molecule has 2 unspecified atom stereocenters. The molecule has 1 fully saturated rings. The molecule has 0 aromatic heterocycles. The maximum Gasteiger partial charge on any atom is 0.287 e. The monoisotopic (exact) mass is 274 g/mol. The van der Waals surface area contributed by atoms with Crippen molar-refractivity contribution in [2.24, 2.45) is 11.7 Å². The summed E-state index contributed by atoms with van der Waals surface area (Å²) in [5.41, 5.74) is 6.46. The van der Waals surface area contributed by atoms with Gasteiger partial charge in [-0.2, -0.15) is 5.26 Å². The first-order valence-corrected chi connectivity index (χ1v) is 6.81. The van der Waals surface area contributed by atoms with Gasteiger partial charge in [0.2, 0.25) is 0 Å². The SMILES string of the molecule is N#Cc1cc(NC2CCCCC2CN)ccc1[N+](=O)[O-]. The van der Waals surface area contributed by atoms with Crippen LogP contribution in [0, 0.1) is 27.4 Å². The average Bonchev–Trinajstić information content (AvgIpc) is 2.47. The molecule has 0 spiro atoms. The summed E-state index contributed by atoms with van der Waals surface area (Å²) in [6.45, 7) is 0.635. The second-order valence-corrected chi connectivity index (χ2v) is 5.13. The van der Waals surface area contributed by atoms with Crippen LogP contribution in [0.5, 0.6) is 0 Å². The number of benzene rings is 1. The van der Waals surface area contributed by atoms with Crippen LogP contribution in [-0.2, 0) is 0 Å². The van der Waals surface area contributed by atoms with Crippen molar-refractivity contribution in [1.29, 1.82) is 5.26 Å². The van der Waals surface area contributed by atoms with Gasteiger partial charge in [0.05, 0.1) is 4.92 Å². The number of anilines is 1. The van der Waals surface area contributed by atoms with Crippen LogP contribution in [-0.4, -0.2) is 17.5 Å². The Morgan fingerprint density at radius 3 is 2.85 bits per heavy atom. The minimum Gasteiger partial charge on any atom is -0.382 e. The Balaban J connectivity index is 2.17. The second-order valence-electron chi connectivity index (χ2n) is 5.13. The molecule has 0 heterocycles. The van der Waals surface area contributed by atoms with Crippen molar-refractivity contribution in [2.75, 3.05) is 11.9 Å². The topological polar surface area (TPSA) is 105 Å². The van der Waals surface area contributed by atoms with E-state index in [1.54, 1.807) is 12.1 Å². The van der Waals surface area contributed by atoms with Crippen molar-refractivity contribution in [2.45, 2.75) is 31.7 Å². The lowest BCUT2D eigenvalue weighted by Gasteiger charge is -2.32. The molecule has 2 atom stereocenters. The molecule has 1 aliphatic carbocycles. The fourth-order valence-electron chi connectivity index (χ4n) is 2.77. The Morgan fingerprint density at radius 2 is 2.20 bits per heavy atom. The first-order valence-electron chi connectivity index (χ1n) is 6.81. The molecule has 0 bridgehead atoms. The van der Waals surface area contributed by atoms with Gasteiger partial charge in [-0.3, -0.25) is 10.1 Å². The Bertz CT molecular complexity index is 538. The largest absolute Gasteiger partial charge is 0.382 e. The van der Waals surface area contributed by atoms with E-state index in [-0.39, 0.29) is 17.3 Å². The number of nitrogens with one attached hydrogen (secondary N) is 1. The predicted molar refractivity (Wildman–Crippen MR) is 76.2 cm³/mol. The molecule has 1 aromatic carbocycles. The van der Waals surface area contributed by atoms with Crippen LogP contribution in [0.3, 0.4) is 0 Å². The molecule has 106 valence electrons. The van der Waals surface area contributed by atoms with Gasteiger partial charge < -0.3 is 11.1 Å². The summed E-state index contributed by atoms with van der Waals surface area (Å²) in [7, 11) is 0. The molecule has 2 rings (SSSR count). The highest BCUT2D eigenvalue weighted by Crippen LogP contribution is 2.28. The van der Waals surface area contributed by atoms with E-state index in [4.69, 9.17) is 11.0 Å². The van der Waals surface area contributed by atoms with Crippen LogP contribution in [0.25, 0.3) is 0 Å². The molecule has 0 aliphatic heterocycles. The lowest BCUT2D eigenvalue weighted by molar-refractivity contribution is -0.385. The number of nitrogens with zero attached hydrogens (tertiary/aromatic N) is 2. The summed E-state index contributed by atoms with van der Waals surface area (Å²) < 4.78 is 0. The summed E-state index contributed by atoms with van der Waals surface area (Å²) in [6, 6.07) is 6.72. The van der Waals surface area contributed by atoms with Crippen LogP contribution >= 0.6 is 0 Å². The zero-order valence-electron chi connectivity index (χ0n) is 11.2. The number of rotatable bonds is 4. The zero-order chi connectivity index (χ0) is 14.5. The van der Waals surface area contributed by atoms with Crippen LogP contribution in [0.4, 0.5) is 11.4 Å². The van der Waals surface area contributed by atoms with Gasteiger partial charge in [0.15, 0.2) is 0 Å². The van der Waals surface area contributed by atoms with Crippen LogP contribution in [0.2, 0.25) is 0 Å². The number of hydrogen-bond donors (Lipinski definition) is 2. The highest BCUT2D eigenvalue weighted by atomic mass is 16.6. The minimum atomic E-state index is -0.536. The van der Waals surface area contributed by atoms with Crippen molar-refractivity contribution < 1.29 is 4.92 Å². The Kier molecular flexibility index (Phi) is 4.53. The van der Waals surface area contributed by atoms with E-state index in [2.05, 4.69) is 5.32 Å². The molecular formula is C14H18N4O2. The van der Waals surface area contributed by atoms with E-state index in [1.807, 2.05) is 6.07 Å². The van der Waals surface area contributed by atoms with Crippen molar-refractivity contribution >= 4 is 11.4 Å². The number of hydrogen-bond acceptors (Lipinski definition) is 5. The third kappa shape index (κ3) is 3.06. The highest BCUT2D eigenvalue weighted by Gasteiger charge is 2.24. The summed E-state index contributed by atoms with van der Waals surface area (Å²) in [4.78, 5) is 10.3. The van der Waals surface area contributed by atoms with Crippen LogP contribution < -0.4 is 11.1 Å². The Hall–Kier alpha value is -2.13. The summed E-state index contributed by atoms with van der Waals surface area (Å²) >= 11 is 0. The quantitative estimate of drug-likeness (QED) is 0.647. The summed E-state index contributed by atoms with van der Waals surface area (Å²) in [5, 5.41) is 23.2. The van der Waals surface area contributed by atoms with E-state index >= 15 is 0 Å². The molecule has 3 N–H and O–H groups in total. The molecule has 1 saturated carbocycles. The maximum atomic E-state index is 10.8. The van der Waals surface area contributed by atoms with Gasteiger partial charge in [-0.05, 0) is 37.4 Å². The standard InChI is InChI=1S/C14H18N4O2/c15-8-10-3-1-2-4-13(10)17-12-5-6-14(18(19)20)11(7-12)9-16/h5-7,10,13,17H,1-4,8,15H2. The molecule has 1 aromatic rings. The van der Waals surface area contributed by atoms with Gasteiger partial charge in [0, 0.05) is 17.8 Å². The minimum absolute atomic E-state index is 0.0834. The Labute approximate surface area is 117 Å². The Morgan fingerprint density at radius 1 is 1.45 bits per heavy atom. The number of nitro groups is 1. The zero-order valence-corrected chi connectivity index (χ0v) is 11.2. The second kappa shape index (κ2) is 6.35. The van der Waals surface area contributed by atoms with E-state index in [0.717, 1.165) is 24.9 Å².